The van der Waals surface area contributed by atoms with Crippen molar-refractivity contribution in [3.8, 4) is 11.8 Å². The SMILES string of the molecule is N#C/C(=C\c1ccc(OCc2ccccc2)cc1)C(=O)Nc1ccccc1F. The van der Waals surface area contributed by atoms with E-state index in [1.807, 2.05) is 36.4 Å². The van der Waals surface area contributed by atoms with Gasteiger partial charge in [-0.3, -0.25) is 4.79 Å². The van der Waals surface area contributed by atoms with Crippen molar-refractivity contribution in [2.24, 2.45) is 0 Å². The minimum absolute atomic E-state index is 0.0262. The number of rotatable bonds is 6. The van der Waals surface area contributed by atoms with Crippen molar-refractivity contribution in [2.75, 3.05) is 5.32 Å². The zero-order chi connectivity index (χ0) is 19.8. The van der Waals surface area contributed by atoms with Gasteiger partial charge in [-0.2, -0.15) is 5.26 Å². The first kappa shape index (κ1) is 18.9. The zero-order valence-electron chi connectivity index (χ0n) is 14.9. The lowest BCUT2D eigenvalue weighted by molar-refractivity contribution is -0.112. The zero-order valence-corrected chi connectivity index (χ0v) is 14.9. The lowest BCUT2D eigenvalue weighted by Crippen LogP contribution is -2.14. The number of carbonyl (C=O) groups excluding carboxylic acids is 1. The van der Waals surface area contributed by atoms with Crippen molar-refractivity contribution >= 4 is 17.7 Å². The van der Waals surface area contributed by atoms with Gasteiger partial charge in [0.25, 0.3) is 5.91 Å². The van der Waals surface area contributed by atoms with E-state index in [4.69, 9.17) is 4.74 Å². The number of benzene rings is 3. The first-order chi connectivity index (χ1) is 13.7. The molecule has 0 spiro atoms. The summed E-state index contributed by atoms with van der Waals surface area (Å²) in [4.78, 5) is 12.2. The number of nitriles is 1. The van der Waals surface area contributed by atoms with Crippen LogP contribution in [0.5, 0.6) is 5.75 Å². The van der Waals surface area contributed by atoms with Crippen LogP contribution >= 0.6 is 0 Å². The standard InChI is InChI=1S/C23H17FN2O2/c24-21-8-4-5-9-22(21)26-23(27)19(15-25)14-17-10-12-20(13-11-17)28-16-18-6-2-1-3-7-18/h1-14H,16H2,(H,26,27)/b19-14+. The van der Waals surface area contributed by atoms with E-state index in [0.717, 1.165) is 5.56 Å². The summed E-state index contributed by atoms with van der Waals surface area (Å²) in [7, 11) is 0. The van der Waals surface area contributed by atoms with Gasteiger partial charge in [-0.25, -0.2) is 4.39 Å². The summed E-state index contributed by atoms with van der Waals surface area (Å²) in [6, 6.07) is 24.4. The molecule has 4 nitrogen and oxygen atoms in total. The number of hydrogen-bond donors (Lipinski definition) is 1. The second-order valence-electron chi connectivity index (χ2n) is 5.95. The molecule has 28 heavy (non-hydrogen) atoms. The second-order valence-corrected chi connectivity index (χ2v) is 5.95. The minimum Gasteiger partial charge on any atom is -0.489 e. The van der Waals surface area contributed by atoms with Crippen LogP contribution in [-0.4, -0.2) is 5.91 Å². The molecule has 0 atom stereocenters. The molecule has 1 N–H and O–H groups in total. The molecule has 3 rings (SSSR count). The summed E-state index contributed by atoms with van der Waals surface area (Å²) in [5.74, 6) is -0.555. The number of hydrogen-bond acceptors (Lipinski definition) is 3. The maximum atomic E-state index is 13.7. The molecule has 0 bridgehead atoms. The van der Waals surface area contributed by atoms with Gasteiger partial charge >= 0.3 is 0 Å². The fourth-order valence-electron chi connectivity index (χ4n) is 2.47. The van der Waals surface area contributed by atoms with Gasteiger partial charge in [0, 0.05) is 0 Å². The summed E-state index contributed by atoms with van der Waals surface area (Å²) >= 11 is 0. The highest BCUT2D eigenvalue weighted by Gasteiger charge is 2.11. The Bertz CT molecular complexity index is 1020. The quantitative estimate of drug-likeness (QED) is 0.492. The fourth-order valence-corrected chi connectivity index (χ4v) is 2.47. The molecule has 138 valence electrons. The van der Waals surface area contributed by atoms with E-state index in [1.54, 1.807) is 30.3 Å². The van der Waals surface area contributed by atoms with Crippen LogP contribution in [0.15, 0.2) is 84.4 Å². The van der Waals surface area contributed by atoms with Gasteiger partial charge in [-0.15, -0.1) is 0 Å². The van der Waals surface area contributed by atoms with Crippen LogP contribution in [-0.2, 0) is 11.4 Å². The highest BCUT2D eigenvalue weighted by molar-refractivity contribution is 6.09. The molecule has 0 aliphatic rings. The molecular formula is C23H17FN2O2. The van der Waals surface area contributed by atoms with Crippen LogP contribution < -0.4 is 10.1 Å². The number of halogens is 1. The van der Waals surface area contributed by atoms with Gasteiger partial charge in [0.05, 0.1) is 5.69 Å². The Balaban J connectivity index is 1.66. The van der Waals surface area contributed by atoms with Gasteiger partial charge in [0.15, 0.2) is 0 Å². The number of amides is 1. The minimum atomic E-state index is -0.669. The predicted octanol–water partition coefficient (Wildman–Crippen LogP) is 4.95. The van der Waals surface area contributed by atoms with Gasteiger partial charge < -0.3 is 10.1 Å². The maximum absolute atomic E-state index is 13.7. The van der Waals surface area contributed by atoms with Crippen molar-refractivity contribution in [2.45, 2.75) is 6.61 Å². The molecular weight excluding hydrogens is 355 g/mol. The van der Waals surface area contributed by atoms with Crippen molar-refractivity contribution in [1.82, 2.24) is 0 Å². The maximum Gasteiger partial charge on any atom is 0.266 e. The van der Waals surface area contributed by atoms with E-state index in [1.165, 1.54) is 24.3 Å². The number of ether oxygens (including phenoxy) is 1. The Labute approximate surface area is 162 Å². The van der Waals surface area contributed by atoms with Gasteiger partial charge in [-0.1, -0.05) is 54.6 Å². The molecule has 3 aromatic carbocycles. The van der Waals surface area contributed by atoms with Crippen LogP contribution in [0.4, 0.5) is 10.1 Å². The number of nitrogens with zero attached hydrogens (tertiary/aromatic N) is 1. The van der Waals surface area contributed by atoms with Crippen molar-refractivity contribution in [1.29, 1.82) is 5.26 Å². The molecule has 0 saturated carbocycles. The molecule has 0 saturated heterocycles. The second kappa shape index (κ2) is 9.15. The molecule has 0 aromatic heterocycles. The largest absolute Gasteiger partial charge is 0.489 e. The highest BCUT2D eigenvalue weighted by Crippen LogP contribution is 2.18. The fraction of sp³-hybridized carbons (Fsp3) is 0.0435. The van der Waals surface area contributed by atoms with Crippen LogP contribution in [0.25, 0.3) is 6.08 Å². The average molecular weight is 372 g/mol. The number of carbonyl (C=O) groups is 1. The Morgan fingerprint density at radius 3 is 2.36 bits per heavy atom. The molecule has 1 amide bonds. The van der Waals surface area contributed by atoms with Crippen LogP contribution in [0.2, 0.25) is 0 Å². The monoisotopic (exact) mass is 372 g/mol. The lowest BCUT2D eigenvalue weighted by Gasteiger charge is -2.07. The summed E-state index contributed by atoms with van der Waals surface area (Å²) in [6.07, 6.45) is 1.44. The third kappa shape index (κ3) is 5.05. The predicted molar refractivity (Wildman–Crippen MR) is 106 cm³/mol. The first-order valence-corrected chi connectivity index (χ1v) is 8.60. The summed E-state index contributed by atoms with van der Waals surface area (Å²) in [5, 5.41) is 11.7. The summed E-state index contributed by atoms with van der Waals surface area (Å²) < 4.78 is 19.4. The lowest BCUT2D eigenvalue weighted by atomic mass is 10.1. The molecule has 5 heteroatoms. The van der Waals surface area contributed by atoms with Gasteiger partial charge in [0.1, 0.15) is 29.8 Å². The van der Waals surface area contributed by atoms with E-state index in [0.29, 0.717) is 17.9 Å². The van der Waals surface area contributed by atoms with E-state index < -0.39 is 11.7 Å². The Hall–Kier alpha value is -3.91. The third-order valence-electron chi connectivity index (χ3n) is 3.93. The van der Waals surface area contributed by atoms with Gasteiger partial charge in [-0.05, 0) is 41.5 Å². The van der Waals surface area contributed by atoms with E-state index >= 15 is 0 Å². The third-order valence-corrected chi connectivity index (χ3v) is 3.93. The van der Waals surface area contributed by atoms with E-state index in [-0.39, 0.29) is 11.3 Å². The van der Waals surface area contributed by atoms with Crippen molar-refractivity contribution in [3.63, 3.8) is 0 Å². The van der Waals surface area contributed by atoms with E-state index in [9.17, 15) is 14.4 Å². The Morgan fingerprint density at radius 1 is 1.00 bits per heavy atom. The Kier molecular flexibility index (Phi) is 6.17. The summed E-state index contributed by atoms with van der Waals surface area (Å²) in [6.45, 7) is 0.449. The van der Waals surface area contributed by atoms with E-state index in [2.05, 4.69) is 5.32 Å². The molecule has 0 radical (unpaired) electrons. The van der Waals surface area contributed by atoms with Crippen LogP contribution in [0, 0.1) is 17.1 Å². The van der Waals surface area contributed by atoms with Crippen molar-refractivity contribution < 1.29 is 13.9 Å². The smallest absolute Gasteiger partial charge is 0.266 e. The first-order valence-electron chi connectivity index (χ1n) is 8.60. The number of anilines is 1. The van der Waals surface area contributed by atoms with Crippen molar-refractivity contribution in [3.05, 3.63) is 101 Å². The average Bonchev–Trinajstić information content (AvgIpc) is 2.73. The summed E-state index contributed by atoms with van der Waals surface area (Å²) in [5.41, 5.74) is 1.62. The molecule has 3 aromatic rings. The molecule has 0 fully saturated rings. The highest BCUT2D eigenvalue weighted by atomic mass is 19.1. The van der Waals surface area contributed by atoms with Crippen LogP contribution in [0.3, 0.4) is 0 Å². The number of para-hydroxylation sites is 1. The van der Waals surface area contributed by atoms with Gasteiger partial charge in [0.2, 0.25) is 0 Å². The molecule has 0 unspecified atom stereocenters. The molecule has 0 aliphatic carbocycles. The normalized spacial score (nSPS) is 10.8. The number of nitrogens with one attached hydrogen (secondary N) is 1. The molecule has 0 aliphatic heterocycles. The topological polar surface area (TPSA) is 62.1 Å². The van der Waals surface area contributed by atoms with Crippen LogP contribution in [0.1, 0.15) is 11.1 Å². The molecule has 0 heterocycles. The Morgan fingerprint density at radius 2 is 1.68 bits per heavy atom.